The Balaban J connectivity index is 1.26. The zero-order valence-corrected chi connectivity index (χ0v) is 14.8. The van der Waals surface area contributed by atoms with Crippen molar-refractivity contribution in [2.75, 3.05) is 44.2 Å². The van der Waals surface area contributed by atoms with Gasteiger partial charge in [0.15, 0.2) is 0 Å². The van der Waals surface area contributed by atoms with Gasteiger partial charge in [-0.2, -0.15) is 0 Å². The molecule has 0 aliphatic carbocycles. The van der Waals surface area contributed by atoms with Crippen LogP contribution in [-0.2, 0) is 0 Å². The number of halogens is 1. The predicted octanol–water partition coefficient (Wildman–Crippen LogP) is 4.18. The zero-order chi connectivity index (χ0) is 17.8. The van der Waals surface area contributed by atoms with Crippen molar-refractivity contribution in [2.24, 2.45) is 0 Å². The van der Waals surface area contributed by atoms with Gasteiger partial charge in [0, 0.05) is 32.7 Å². The third-order valence-electron chi connectivity index (χ3n) is 4.96. The van der Waals surface area contributed by atoms with Gasteiger partial charge in [-0.1, -0.05) is 42.5 Å². The third kappa shape index (κ3) is 3.81. The van der Waals surface area contributed by atoms with Gasteiger partial charge in [0.05, 0.1) is 5.69 Å². The van der Waals surface area contributed by atoms with Crippen molar-refractivity contribution < 1.29 is 9.13 Å². The number of para-hydroxylation sites is 1. The van der Waals surface area contributed by atoms with Crippen LogP contribution in [0.15, 0.2) is 66.7 Å². The first-order chi connectivity index (χ1) is 12.8. The van der Waals surface area contributed by atoms with Gasteiger partial charge >= 0.3 is 0 Å². The number of fused-ring (bicyclic) bond motifs is 1. The molecule has 0 amide bonds. The molecule has 1 fully saturated rings. The molecule has 0 N–H and O–H groups in total. The minimum atomic E-state index is -0.138. The zero-order valence-electron chi connectivity index (χ0n) is 14.8. The van der Waals surface area contributed by atoms with Crippen LogP contribution in [0, 0.1) is 5.82 Å². The lowest BCUT2D eigenvalue weighted by Crippen LogP contribution is -2.47. The van der Waals surface area contributed by atoms with Crippen molar-refractivity contribution in [1.29, 1.82) is 0 Å². The molecule has 4 heteroatoms. The summed E-state index contributed by atoms with van der Waals surface area (Å²) in [5.74, 6) is 0.772. The normalized spacial score (nSPS) is 15.3. The molecule has 3 aromatic carbocycles. The Labute approximate surface area is 153 Å². The van der Waals surface area contributed by atoms with Crippen LogP contribution in [0.2, 0.25) is 0 Å². The van der Waals surface area contributed by atoms with Gasteiger partial charge < -0.3 is 9.64 Å². The van der Waals surface area contributed by atoms with E-state index < -0.39 is 0 Å². The maximum Gasteiger partial charge on any atom is 0.146 e. The fraction of sp³-hybridized carbons (Fsp3) is 0.273. The van der Waals surface area contributed by atoms with E-state index in [1.54, 1.807) is 6.07 Å². The summed E-state index contributed by atoms with van der Waals surface area (Å²) in [7, 11) is 0. The van der Waals surface area contributed by atoms with Crippen LogP contribution in [0.25, 0.3) is 10.8 Å². The molecule has 0 spiro atoms. The Kier molecular flexibility index (Phi) is 5.02. The Morgan fingerprint density at radius 2 is 1.54 bits per heavy atom. The van der Waals surface area contributed by atoms with E-state index in [0.29, 0.717) is 12.3 Å². The van der Waals surface area contributed by atoms with E-state index in [1.807, 2.05) is 30.3 Å². The first-order valence-corrected chi connectivity index (χ1v) is 9.13. The molecule has 3 nitrogen and oxygen atoms in total. The number of rotatable bonds is 5. The Hall–Kier alpha value is -2.59. The lowest BCUT2D eigenvalue weighted by molar-refractivity contribution is 0.200. The van der Waals surface area contributed by atoms with Gasteiger partial charge in [-0.05, 0) is 35.0 Å². The van der Waals surface area contributed by atoms with Gasteiger partial charge in [0.25, 0.3) is 0 Å². The van der Waals surface area contributed by atoms with E-state index in [-0.39, 0.29) is 5.82 Å². The standard InChI is InChI=1S/C22H23FN2O/c23-21-7-3-4-8-22(21)25-13-11-24(12-14-25)15-16-26-20-10-9-18-5-1-2-6-19(18)17-20/h1-10,17H,11-16H2. The Morgan fingerprint density at radius 1 is 0.808 bits per heavy atom. The van der Waals surface area contributed by atoms with Gasteiger partial charge in [-0.3, -0.25) is 4.90 Å². The van der Waals surface area contributed by atoms with Crippen molar-refractivity contribution >= 4 is 16.5 Å². The van der Waals surface area contributed by atoms with Gasteiger partial charge in [0.1, 0.15) is 18.2 Å². The van der Waals surface area contributed by atoms with E-state index >= 15 is 0 Å². The molecule has 0 atom stereocenters. The molecule has 0 aromatic heterocycles. The number of benzene rings is 3. The molecule has 4 rings (SSSR count). The molecular formula is C22H23FN2O. The molecular weight excluding hydrogens is 327 g/mol. The number of nitrogens with zero attached hydrogens (tertiary/aromatic N) is 2. The second-order valence-electron chi connectivity index (χ2n) is 6.64. The van der Waals surface area contributed by atoms with Crippen LogP contribution in [0.1, 0.15) is 0 Å². The summed E-state index contributed by atoms with van der Waals surface area (Å²) in [5.41, 5.74) is 0.708. The molecule has 1 heterocycles. The Morgan fingerprint density at radius 3 is 2.35 bits per heavy atom. The van der Waals surface area contributed by atoms with Crippen LogP contribution in [-0.4, -0.2) is 44.2 Å². The molecule has 1 aliphatic heterocycles. The van der Waals surface area contributed by atoms with E-state index in [2.05, 4.69) is 34.1 Å². The van der Waals surface area contributed by atoms with Crippen molar-refractivity contribution in [1.82, 2.24) is 4.90 Å². The average Bonchev–Trinajstić information content (AvgIpc) is 2.69. The Bertz CT molecular complexity index is 875. The van der Waals surface area contributed by atoms with E-state index in [0.717, 1.165) is 38.5 Å². The SMILES string of the molecule is Fc1ccccc1N1CCN(CCOc2ccc3ccccc3c2)CC1. The topological polar surface area (TPSA) is 15.7 Å². The molecule has 1 aliphatic rings. The molecule has 0 unspecified atom stereocenters. The fourth-order valence-electron chi connectivity index (χ4n) is 3.47. The number of hydrogen-bond donors (Lipinski definition) is 0. The molecule has 3 aromatic rings. The smallest absolute Gasteiger partial charge is 0.146 e. The summed E-state index contributed by atoms with van der Waals surface area (Å²) >= 11 is 0. The third-order valence-corrected chi connectivity index (χ3v) is 4.96. The molecule has 1 saturated heterocycles. The van der Waals surface area contributed by atoms with Crippen LogP contribution >= 0.6 is 0 Å². The van der Waals surface area contributed by atoms with Gasteiger partial charge in [0.2, 0.25) is 0 Å². The molecule has 0 bridgehead atoms. The molecule has 0 saturated carbocycles. The fourth-order valence-corrected chi connectivity index (χ4v) is 3.47. The summed E-state index contributed by atoms with van der Waals surface area (Å²) in [5, 5.41) is 2.42. The van der Waals surface area contributed by atoms with Crippen molar-refractivity contribution in [2.45, 2.75) is 0 Å². The first kappa shape index (κ1) is 16.9. The summed E-state index contributed by atoms with van der Waals surface area (Å²) in [6.07, 6.45) is 0. The minimum absolute atomic E-state index is 0.138. The number of piperazine rings is 1. The van der Waals surface area contributed by atoms with Gasteiger partial charge in [-0.25, -0.2) is 4.39 Å². The lowest BCUT2D eigenvalue weighted by atomic mass is 10.1. The molecule has 0 radical (unpaired) electrons. The quantitative estimate of drug-likeness (QED) is 0.687. The van der Waals surface area contributed by atoms with Crippen molar-refractivity contribution in [3.8, 4) is 5.75 Å². The van der Waals surface area contributed by atoms with Crippen molar-refractivity contribution in [3.63, 3.8) is 0 Å². The second kappa shape index (κ2) is 7.75. The molecule has 134 valence electrons. The highest BCUT2D eigenvalue weighted by Crippen LogP contribution is 2.21. The van der Waals surface area contributed by atoms with Crippen molar-refractivity contribution in [3.05, 3.63) is 72.5 Å². The summed E-state index contributed by atoms with van der Waals surface area (Å²) in [4.78, 5) is 4.49. The minimum Gasteiger partial charge on any atom is -0.492 e. The number of anilines is 1. The average molecular weight is 350 g/mol. The molecule has 26 heavy (non-hydrogen) atoms. The maximum atomic E-state index is 13.9. The second-order valence-corrected chi connectivity index (χ2v) is 6.64. The maximum absolute atomic E-state index is 13.9. The summed E-state index contributed by atoms with van der Waals surface area (Å²) < 4.78 is 19.8. The van der Waals surface area contributed by atoms with Crippen LogP contribution in [0.3, 0.4) is 0 Å². The summed E-state index contributed by atoms with van der Waals surface area (Å²) in [6.45, 7) is 5.09. The number of hydrogen-bond acceptors (Lipinski definition) is 3. The monoisotopic (exact) mass is 350 g/mol. The van der Waals surface area contributed by atoms with E-state index in [9.17, 15) is 4.39 Å². The van der Waals surface area contributed by atoms with E-state index in [4.69, 9.17) is 4.74 Å². The van der Waals surface area contributed by atoms with Gasteiger partial charge in [-0.15, -0.1) is 0 Å². The van der Waals surface area contributed by atoms with Crippen LogP contribution in [0.4, 0.5) is 10.1 Å². The highest BCUT2D eigenvalue weighted by Gasteiger charge is 2.18. The largest absolute Gasteiger partial charge is 0.492 e. The number of ether oxygens (including phenoxy) is 1. The summed E-state index contributed by atoms with van der Waals surface area (Å²) in [6, 6.07) is 21.5. The van der Waals surface area contributed by atoms with E-state index in [1.165, 1.54) is 16.8 Å². The first-order valence-electron chi connectivity index (χ1n) is 9.13. The lowest BCUT2D eigenvalue weighted by Gasteiger charge is -2.36. The highest BCUT2D eigenvalue weighted by molar-refractivity contribution is 5.83. The van der Waals surface area contributed by atoms with Crippen LogP contribution in [0.5, 0.6) is 5.75 Å². The highest BCUT2D eigenvalue weighted by atomic mass is 19.1. The predicted molar refractivity (Wildman–Crippen MR) is 104 cm³/mol. The van der Waals surface area contributed by atoms with Crippen LogP contribution < -0.4 is 9.64 Å².